The quantitative estimate of drug-likeness (QED) is 0.788. The molecule has 5 nitrogen and oxygen atoms in total. The van der Waals surface area contributed by atoms with E-state index in [1.165, 1.54) is 17.8 Å². The van der Waals surface area contributed by atoms with Gasteiger partial charge in [0.15, 0.2) is 0 Å². The highest BCUT2D eigenvalue weighted by molar-refractivity contribution is 7.12. The lowest BCUT2D eigenvalue weighted by molar-refractivity contribution is -0.119. The summed E-state index contributed by atoms with van der Waals surface area (Å²) in [5.74, 6) is -0.196. The normalized spacial score (nSPS) is 19.7. The van der Waals surface area contributed by atoms with E-state index in [1.807, 2.05) is 35.7 Å². The summed E-state index contributed by atoms with van der Waals surface area (Å²) in [5.41, 5.74) is 1.74. The molecule has 0 saturated carbocycles. The fourth-order valence-electron chi connectivity index (χ4n) is 4.06. The number of piperidine rings is 1. The number of rotatable bonds is 4. The lowest BCUT2D eigenvalue weighted by atomic mass is 10.1. The number of anilines is 2. The summed E-state index contributed by atoms with van der Waals surface area (Å²) < 4.78 is 0. The summed E-state index contributed by atoms with van der Waals surface area (Å²) >= 11 is 7.62. The number of likely N-dealkylation sites (tertiary alicyclic amines) is 1. The first-order valence-corrected chi connectivity index (χ1v) is 11.1. The Kier molecular flexibility index (Phi) is 5.87. The van der Waals surface area contributed by atoms with E-state index in [0.29, 0.717) is 22.9 Å². The predicted molar refractivity (Wildman–Crippen MR) is 115 cm³/mol. The first kappa shape index (κ1) is 19.3. The Hall–Kier alpha value is -2.05. The molecule has 2 aliphatic heterocycles. The van der Waals surface area contributed by atoms with E-state index in [4.69, 9.17) is 11.6 Å². The second kappa shape index (κ2) is 8.53. The molecule has 1 atom stereocenters. The minimum Gasteiger partial charge on any atom is -0.370 e. The number of halogens is 1. The van der Waals surface area contributed by atoms with E-state index in [0.717, 1.165) is 43.7 Å². The molecule has 2 amide bonds. The highest BCUT2D eigenvalue weighted by atomic mass is 35.5. The molecule has 0 bridgehead atoms. The van der Waals surface area contributed by atoms with Gasteiger partial charge in [0.05, 0.1) is 16.3 Å². The second-order valence-electron chi connectivity index (χ2n) is 7.33. The van der Waals surface area contributed by atoms with Gasteiger partial charge in [-0.05, 0) is 61.7 Å². The summed E-state index contributed by atoms with van der Waals surface area (Å²) in [6, 6.07) is 8.88. The molecule has 0 aliphatic carbocycles. The average molecular weight is 418 g/mol. The van der Waals surface area contributed by atoms with Gasteiger partial charge in [0.25, 0.3) is 5.91 Å². The average Bonchev–Trinajstić information content (AvgIpc) is 3.40. The topological polar surface area (TPSA) is 52.7 Å². The first-order valence-electron chi connectivity index (χ1n) is 9.83. The van der Waals surface area contributed by atoms with Gasteiger partial charge in [-0.3, -0.25) is 9.59 Å². The van der Waals surface area contributed by atoms with E-state index in [-0.39, 0.29) is 11.8 Å². The van der Waals surface area contributed by atoms with Gasteiger partial charge in [0, 0.05) is 24.7 Å². The number of nitrogens with one attached hydrogen (secondary N) is 1. The number of thiophene rings is 1. The number of hydrogen-bond donors (Lipinski definition) is 1. The SMILES string of the molecule is O=C(Nc1cc(Cl)ccc1N1CCCCC1)[C@H]1CCCN1C(=O)c1cccs1. The molecule has 28 heavy (non-hydrogen) atoms. The summed E-state index contributed by atoms with van der Waals surface area (Å²) in [6.07, 6.45) is 5.07. The molecular formula is C21H24ClN3O2S. The Morgan fingerprint density at radius 3 is 2.64 bits per heavy atom. The second-order valence-corrected chi connectivity index (χ2v) is 8.72. The van der Waals surface area contributed by atoms with Crippen molar-refractivity contribution in [3.8, 4) is 0 Å². The summed E-state index contributed by atoms with van der Waals surface area (Å²) in [4.78, 5) is 30.5. The molecule has 0 unspecified atom stereocenters. The van der Waals surface area contributed by atoms with E-state index in [1.54, 1.807) is 4.90 Å². The molecule has 2 fully saturated rings. The van der Waals surface area contributed by atoms with Crippen LogP contribution in [0.5, 0.6) is 0 Å². The minimum absolute atomic E-state index is 0.0602. The lowest BCUT2D eigenvalue weighted by Gasteiger charge is -2.31. The summed E-state index contributed by atoms with van der Waals surface area (Å²) in [5, 5.41) is 5.54. The zero-order valence-corrected chi connectivity index (χ0v) is 17.3. The minimum atomic E-state index is -0.442. The molecule has 2 saturated heterocycles. The number of benzene rings is 1. The Balaban J connectivity index is 1.53. The van der Waals surface area contributed by atoms with Crippen LogP contribution in [-0.2, 0) is 4.79 Å². The van der Waals surface area contributed by atoms with Gasteiger partial charge in [-0.2, -0.15) is 0 Å². The van der Waals surface area contributed by atoms with Crippen LogP contribution < -0.4 is 10.2 Å². The summed E-state index contributed by atoms with van der Waals surface area (Å²) in [6.45, 7) is 2.58. The molecule has 1 aromatic carbocycles. The smallest absolute Gasteiger partial charge is 0.264 e. The van der Waals surface area contributed by atoms with Gasteiger partial charge in [-0.15, -0.1) is 11.3 Å². The van der Waals surface area contributed by atoms with Crippen molar-refractivity contribution in [1.82, 2.24) is 4.90 Å². The number of carbonyl (C=O) groups is 2. The third-order valence-electron chi connectivity index (χ3n) is 5.46. The van der Waals surface area contributed by atoms with Crippen molar-refractivity contribution in [2.75, 3.05) is 29.9 Å². The van der Waals surface area contributed by atoms with E-state index < -0.39 is 6.04 Å². The van der Waals surface area contributed by atoms with Gasteiger partial charge in [0.1, 0.15) is 6.04 Å². The Morgan fingerprint density at radius 2 is 1.89 bits per heavy atom. The molecule has 2 aromatic rings. The van der Waals surface area contributed by atoms with E-state index in [9.17, 15) is 9.59 Å². The molecule has 4 rings (SSSR count). The monoisotopic (exact) mass is 417 g/mol. The third kappa shape index (κ3) is 4.03. The van der Waals surface area contributed by atoms with Crippen molar-refractivity contribution in [3.05, 3.63) is 45.6 Å². The largest absolute Gasteiger partial charge is 0.370 e. The maximum absolute atomic E-state index is 13.1. The van der Waals surface area contributed by atoms with Gasteiger partial charge in [-0.25, -0.2) is 0 Å². The van der Waals surface area contributed by atoms with Crippen LogP contribution >= 0.6 is 22.9 Å². The van der Waals surface area contributed by atoms with Crippen LogP contribution in [0.1, 0.15) is 41.8 Å². The number of nitrogens with zero attached hydrogens (tertiary/aromatic N) is 2. The number of carbonyl (C=O) groups excluding carboxylic acids is 2. The Bertz CT molecular complexity index is 849. The zero-order chi connectivity index (χ0) is 19.5. The van der Waals surface area contributed by atoms with Crippen molar-refractivity contribution in [3.63, 3.8) is 0 Å². The van der Waals surface area contributed by atoms with Crippen LogP contribution in [0.15, 0.2) is 35.7 Å². The van der Waals surface area contributed by atoms with Crippen molar-refractivity contribution in [2.24, 2.45) is 0 Å². The van der Waals surface area contributed by atoms with E-state index in [2.05, 4.69) is 10.2 Å². The molecular weight excluding hydrogens is 394 g/mol. The maximum atomic E-state index is 13.1. The molecule has 0 radical (unpaired) electrons. The fraction of sp³-hybridized carbons (Fsp3) is 0.429. The van der Waals surface area contributed by atoms with Gasteiger partial charge in [-0.1, -0.05) is 17.7 Å². The summed E-state index contributed by atoms with van der Waals surface area (Å²) in [7, 11) is 0. The van der Waals surface area contributed by atoms with Crippen molar-refractivity contribution in [1.29, 1.82) is 0 Å². The molecule has 7 heteroatoms. The van der Waals surface area contributed by atoms with Crippen LogP contribution in [-0.4, -0.2) is 42.4 Å². The molecule has 1 aromatic heterocycles. The molecule has 2 aliphatic rings. The standard InChI is InChI=1S/C21H24ClN3O2S/c22-15-8-9-17(24-10-2-1-3-11-24)16(14-15)23-20(26)18-6-4-12-25(18)21(27)19-7-5-13-28-19/h5,7-9,13-14,18H,1-4,6,10-12H2,(H,23,26)/t18-/m1/s1. The van der Waals surface area contributed by atoms with Crippen molar-refractivity contribution >= 4 is 46.1 Å². The molecule has 3 heterocycles. The third-order valence-corrected chi connectivity index (χ3v) is 6.55. The van der Waals surface area contributed by atoms with Crippen LogP contribution in [0.2, 0.25) is 5.02 Å². The van der Waals surface area contributed by atoms with Crippen LogP contribution in [0.4, 0.5) is 11.4 Å². The zero-order valence-electron chi connectivity index (χ0n) is 15.7. The lowest BCUT2D eigenvalue weighted by Crippen LogP contribution is -2.43. The highest BCUT2D eigenvalue weighted by Crippen LogP contribution is 2.32. The Labute approximate surface area is 174 Å². The highest BCUT2D eigenvalue weighted by Gasteiger charge is 2.35. The van der Waals surface area contributed by atoms with Crippen molar-refractivity contribution < 1.29 is 9.59 Å². The molecule has 148 valence electrons. The van der Waals surface area contributed by atoms with Crippen LogP contribution in [0.25, 0.3) is 0 Å². The maximum Gasteiger partial charge on any atom is 0.264 e. The fourth-order valence-corrected chi connectivity index (χ4v) is 4.91. The van der Waals surface area contributed by atoms with Crippen LogP contribution in [0.3, 0.4) is 0 Å². The van der Waals surface area contributed by atoms with E-state index >= 15 is 0 Å². The number of hydrogen-bond acceptors (Lipinski definition) is 4. The van der Waals surface area contributed by atoms with Crippen LogP contribution in [0, 0.1) is 0 Å². The molecule has 1 N–H and O–H groups in total. The van der Waals surface area contributed by atoms with Crippen molar-refractivity contribution in [2.45, 2.75) is 38.1 Å². The predicted octanol–water partition coefficient (Wildman–Crippen LogP) is 4.64. The van der Waals surface area contributed by atoms with Gasteiger partial charge in [0.2, 0.25) is 5.91 Å². The first-order chi connectivity index (χ1) is 13.6. The number of amides is 2. The van der Waals surface area contributed by atoms with Gasteiger partial charge < -0.3 is 15.1 Å². The van der Waals surface area contributed by atoms with Gasteiger partial charge >= 0.3 is 0 Å². The molecule has 0 spiro atoms. The Morgan fingerprint density at radius 1 is 1.07 bits per heavy atom.